The first-order valence-corrected chi connectivity index (χ1v) is 7.11. The van der Waals surface area contributed by atoms with Crippen molar-refractivity contribution in [1.29, 1.82) is 0 Å². The van der Waals surface area contributed by atoms with Crippen molar-refractivity contribution in [2.24, 2.45) is 5.92 Å². The number of carbonyl (C=O) groups is 1. The van der Waals surface area contributed by atoms with E-state index in [1.54, 1.807) is 0 Å². The minimum absolute atomic E-state index is 0.0396. The maximum atomic E-state index is 12.2. The third-order valence-corrected chi connectivity index (χ3v) is 3.94. The molecule has 1 aromatic carbocycles. The van der Waals surface area contributed by atoms with Crippen molar-refractivity contribution in [3.8, 4) is 0 Å². The first-order valence-electron chi connectivity index (χ1n) is 6.57. The summed E-state index contributed by atoms with van der Waals surface area (Å²) < 4.78 is 0. The summed E-state index contributed by atoms with van der Waals surface area (Å²) in [6.07, 6.45) is 1.70. The number of rotatable bonds is 5. The van der Waals surface area contributed by atoms with Gasteiger partial charge in [-0.05, 0) is 29.9 Å². The molecule has 0 radical (unpaired) electrons. The second-order valence-corrected chi connectivity index (χ2v) is 5.67. The molecule has 98 valence electrons. The Kier molecular flexibility index (Phi) is 4.28. The van der Waals surface area contributed by atoms with Gasteiger partial charge < -0.3 is 5.32 Å². The van der Waals surface area contributed by atoms with E-state index < -0.39 is 0 Å². The largest absolute Gasteiger partial charge is 0.353 e. The average Bonchev–Trinajstić information content (AvgIpc) is 2.30. The number of fused-ring (bicyclic) bond motifs is 1. The third-order valence-electron chi connectivity index (χ3n) is 3.72. The minimum atomic E-state index is 0.0396. The van der Waals surface area contributed by atoms with Gasteiger partial charge in [-0.2, -0.15) is 0 Å². The number of halogens is 1. The van der Waals surface area contributed by atoms with Gasteiger partial charge in [0.15, 0.2) is 0 Å². The average molecular weight is 266 g/mol. The Hall–Kier alpha value is -1.02. The Morgan fingerprint density at radius 3 is 2.78 bits per heavy atom. The molecule has 0 aromatic heterocycles. The van der Waals surface area contributed by atoms with Crippen LogP contribution < -0.4 is 5.32 Å². The first kappa shape index (κ1) is 13.4. The Bertz CT molecular complexity index is 430. The van der Waals surface area contributed by atoms with Gasteiger partial charge in [0.05, 0.1) is 5.92 Å². The van der Waals surface area contributed by atoms with E-state index in [4.69, 9.17) is 11.6 Å². The monoisotopic (exact) mass is 265 g/mol. The zero-order valence-corrected chi connectivity index (χ0v) is 11.7. The van der Waals surface area contributed by atoms with Gasteiger partial charge in [-0.15, -0.1) is 11.6 Å². The van der Waals surface area contributed by atoms with Gasteiger partial charge in [0.25, 0.3) is 0 Å². The van der Waals surface area contributed by atoms with Crippen LogP contribution in [0, 0.1) is 5.92 Å². The molecule has 0 saturated heterocycles. The van der Waals surface area contributed by atoms with E-state index in [0.717, 1.165) is 12.8 Å². The molecule has 1 aromatic rings. The Morgan fingerprint density at radius 1 is 1.44 bits per heavy atom. The summed E-state index contributed by atoms with van der Waals surface area (Å²) >= 11 is 5.78. The lowest BCUT2D eigenvalue weighted by molar-refractivity contribution is -0.124. The molecule has 1 aliphatic rings. The van der Waals surface area contributed by atoms with E-state index in [-0.39, 0.29) is 17.9 Å². The second-order valence-electron chi connectivity index (χ2n) is 5.29. The molecular formula is C15H20ClNO. The molecule has 2 nitrogen and oxygen atoms in total. The maximum absolute atomic E-state index is 12.2. The molecule has 18 heavy (non-hydrogen) atoms. The van der Waals surface area contributed by atoms with Crippen LogP contribution in [0.3, 0.4) is 0 Å². The number of carbonyl (C=O) groups excluding carboxylic acids is 1. The summed E-state index contributed by atoms with van der Waals surface area (Å²) in [7, 11) is 0. The van der Waals surface area contributed by atoms with Crippen LogP contribution in [0.2, 0.25) is 0 Å². The van der Waals surface area contributed by atoms with Gasteiger partial charge in [-0.1, -0.05) is 38.1 Å². The van der Waals surface area contributed by atoms with Crippen molar-refractivity contribution in [1.82, 2.24) is 5.32 Å². The molecule has 2 unspecified atom stereocenters. The minimum Gasteiger partial charge on any atom is -0.353 e. The summed E-state index contributed by atoms with van der Waals surface area (Å²) in [4.78, 5) is 12.2. The van der Waals surface area contributed by atoms with E-state index in [1.807, 2.05) is 12.1 Å². The van der Waals surface area contributed by atoms with Gasteiger partial charge in [-0.25, -0.2) is 0 Å². The number of alkyl halides is 1. The highest BCUT2D eigenvalue weighted by molar-refractivity contribution is 6.17. The normalized spacial score (nSPS) is 19.0. The van der Waals surface area contributed by atoms with Crippen LogP contribution in [0.15, 0.2) is 24.3 Å². The molecule has 0 saturated carbocycles. The second kappa shape index (κ2) is 5.75. The Balaban J connectivity index is 1.98. The van der Waals surface area contributed by atoms with Crippen molar-refractivity contribution in [2.75, 3.05) is 5.88 Å². The smallest absolute Gasteiger partial charge is 0.228 e. The van der Waals surface area contributed by atoms with Crippen molar-refractivity contribution < 1.29 is 4.79 Å². The van der Waals surface area contributed by atoms with Crippen LogP contribution in [-0.2, 0) is 11.2 Å². The number of amides is 1. The molecule has 0 heterocycles. The lowest BCUT2D eigenvalue weighted by atomic mass is 9.77. The lowest BCUT2D eigenvalue weighted by Crippen LogP contribution is -2.43. The molecule has 0 aliphatic heterocycles. The van der Waals surface area contributed by atoms with Crippen molar-refractivity contribution in [3.05, 3.63) is 35.4 Å². The van der Waals surface area contributed by atoms with Crippen molar-refractivity contribution in [3.63, 3.8) is 0 Å². The third kappa shape index (κ3) is 2.69. The molecule has 0 bridgehead atoms. The summed E-state index contributed by atoms with van der Waals surface area (Å²) in [5, 5.41) is 3.14. The van der Waals surface area contributed by atoms with Crippen LogP contribution in [0.25, 0.3) is 0 Å². The van der Waals surface area contributed by atoms with E-state index in [2.05, 4.69) is 31.3 Å². The number of hydrogen-bond acceptors (Lipinski definition) is 1. The summed E-state index contributed by atoms with van der Waals surface area (Å²) in [5.74, 6) is 1.20. The van der Waals surface area contributed by atoms with Crippen molar-refractivity contribution in [2.45, 2.75) is 38.6 Å². The van der Waals surface area contributed by atoms with Crippen LogP contribution >= 0.6 is 11.6 Å². The molecule has 2 atom stereocenters. The fourth-order valence-corrected chi connectivity index (χ4v) is 2.70. The van der Waals surface area contributed by atoms with Crippen molar-refractivity contribution >= 4 is 17.5 Å². The zero-order valence-electron chi connectivity index (χ0n) is 10.9. The van der Waals surface area contributed by atoms with Gasteiger partial charge in [0.2, 0.25) is 5.91 Å². The van der Waals surface area contributed by atoms with E-state index in [0.29, 0.717) is 11.8 Å². The number of benzene rings is 1. The van der Waals surface area contributed by atoms with Gasteiger partial charge in [0, 0.05) is 11.9 Å². The quantitative estimate of drug-likeness (QED) is 0.815. The topological polar surface area (TPSA) is 29.1 Å². The van der Waals surface area contributed by atoms with Gasteiger partial charge >= 0.3 is 0 Å². The van der Waals surface area contributed by atoms with Crippen LogP contribution in [0.5, 0.6) is 0 Å². The summed E-state index contributed by atoms with van der Waals surface area (Å²) in [5.41, 5.74) is 2.49. The summed E-state index contributed by atoms with van der Waals surface area (Å²) in [6.45, 7) is 4.23. The Labute approximate surface area is 114 Å². The molecule has 1 N–H and O–H groups in total. The fraction of sp³-hybridized carbons (Fsp3) is 0.533. The number of nitrogens with one attached hydrogen (secondary N) is 1. The lowest BCUT2D eigenvalue weighted by Gasteiger charge is -2.31. The predicted molar refractivity (Wildman–Crippen MR) is 75.0 cm³/mol. The summed E-state index contributed by atoms with van der Waals surface area (Å²) in [6, 6.07) is 8.35. The van der Waals surface area contributed by atoms with Gasteiger partial charge in [0.1, 0.15) is 0 Å². The molecule has 1 aliphatic carbocycles. The van der Waals surface area contributed by atoms with E-state index in [1.165, 1.54) is 11.1 Å². The standard InChI is InChI=1S/C15H20ClNO/c1-10(2)14(7-8-16)17-15(18)13-9-11-5-3-4-6-12(11)13/h3-6,10,13-14H,7-9H2,1-2H3,(H,17,18). The van der Waals surface area contributed by atoms with Crippen LogP contribution in [-0.4, -0.2) is 17.8 Å². The maximum Gasteiger partial charge on any atom is 0.228 e. The molecule has 1 amide bonds. The van der Waals surface area contributed by atoms with Crippen LogP contribution in [0.1, 0.15) is 37.3 Å². The highest BCUT2D eigenvalue weighted by Crippen LogP contribution is 2.35. The molecule has 2 rings (SSSR count). The van der Waals surface area contributed by atoms with E-state index >= 15 is 0 Å². The zero-order chi connectivity index (χ0) is 13.1. The van der Waals surface area contributed by atoms with Crippen LogP contribution in [0.4, 0.5) is 0 Å². The fourth-order valence-electron chi connectivity index (χ4n) is 2.47. The predicted octanol–water partition coefficient (Wildman–Crippen LogP) is 3.10. The first-order chi connectivity index (χ1) is 8.63. The molecule has 0 spiro atoms. The molecule has 0 fully saturated rings. The Morgan fingerprint density at radius 2 is 2.17 bits per heavy atom. The SMILES string of the molecule is CC(C)C(CCCl)NC(=O)C1Cc2ccccc21. The van der Waals surface area contributed by atoms with Gasteiger partial charge in [-0.3, -0.25) is 4.79 Å². The van der Waals surface area contributed by atoms with E-state index in [9.17, 15) is 4.79 Å². The number of hydrogen-bond donors (Lipinski definition) is 1. The highest BCUT2D eigenvalue weighted by atomic mass is 35.5. The highest BCUT2D eigenvalue weighted by Gasteiger charge is 2.32. The molecular weight excluding hydrogens is 246 g/mol. The molecule has 3 heteroatoms.